The zero-order valence-electron chi connectivity index (χ0n) is 11.8. The third kappa shape index (κ3) is 5.40. The summed E-state index contributed by atoms with van der Waals surface area (Å²) in [4.78, 5) is 31.8. The molecule has 0 spiro atoms. The van der Waals surface area contributed by atoms with Crippen LogP contribution in [0.25, 0.3) is 0 Å². The van der Waals surface area contributed by atoms with Gasteiger partial charge in [-0.15, -0.1) is 0 Å². The quantitative estimate of drug-likeness (QED) is 0.259. The van der Waals surface area contributed by atoms with Crippen LogP contribution in [0.5, 0.6) is 0 Å². The first-order valence-corrected chi connectivity index (χ1v) is 6.03. The summed E-state index contributed by atoms with van der Waals surface area (Å²) in [5.41, 5.74) is 1.21. The second-order valence-corrected chi connectivity index (χ2v) is 3.67. The lowest BCUT2D eigenvalue weighted by molar-refractivity contribution is -0.128. The van der Waals surface area contributed by atoms with Gasteiger partial charge in [0.1, 0.15) is 0 Å². The second kappa shape index (κ2) is 9.62. The molecule has 0 aliphatic rings. The van der Waals surface area contributed by atoms with Crippen molar-refractivity contribution in [2.45, 2.75) is 0 Å². The highest BCUT2D eigenvalue weighted by molar-refractivity contribution is 5.92. The van der Waals surface area contributed by atoms with E-state index >= 15 is 0 Å². The molecule has 0 saturated heterocycles. The summed E-state index contributed by atoms with van der Waals surface area (Å²) in [7, 11) is 1.26. The summed E-state index contributed by atoms with van der Waals surface area (Å²) in [5.74, 6) is 10.1. The first-order valence-electron chi connectivity index (χ1n) is 6.03. The van der Waals surface area contributed by atoms with Crippen molar-refractivity contribution in [1.82, 2.24) is 0 Å². The monoisotopic (exact) mass is 300 g/mol. The molecule has 1 rings (SSSR count). The van der Waals surface area contributed by atoms with Crippen molar-refractivity contribution in [3.8, 4) is 23.7 Å². The predicted molar refractivity (Wildman–Crippen MR) is 75.6 cm³/mol. The molecule has 1 aromatic rings. The fourth-order valence-corrected chi connectivity index (χ4v) is 1.43. The average Bonchev–Trinajstić information content (AvgIpc) is 2.55. The maximum atomic E-state index is 11.8. The summed E-state index contributed by atoms with van der Waals surface area (Å²) in [6.45, 7) is 0.473. The normalized spacial score (nSPS) is 8.41. The highest BCUT2D eigenvalue weighted by Gasteiger charge is 2.10. The van der Waals surface area contributed by atoms with Gasteiger partial charge in [-0.05, 0) is 18.2 Å². The number of carbonyl (C=O) groups is 3. The second-order valence-electron chi connectivity index (χ2n) is 3.67. The number of ether oxygens (including phenoxy) is 3. The molecule has 0 aliphatic heterocycles. The predicted octanol–water partition coefficient (Wildman–Crippen LogP) is 0.522. The van der Waals surface area contributed by atoms with Crippen molar-refractivity contribution in [2.24, 2.45) is 0 Å². The van der Waals surface area contributed by atoms with Gasteiger partial charge in [0.15, 0.2) is 13.2 Å². The van der Waals surface area contributed by atoms with Crippen LogP contribution in [-0.2, 0) is 23.8 Å². The van der Waals surface area contributed by atoms with Gasteiger partial charge in [-0.2, -0.15) is 0 Å². The lowest BCUT2D eigenvalue weighted by Crippen LogP contribution is -2.04. The van der Waals surface area contributed by atoms with Crippen LogP contribution in [-0.4, -0.2) is 39.2 Å². The number of rotatable bonds is 5. The molecule has 0 aliphatic carbocycles. The van der Waals surface area contributed by atoms with Crippen molar-refractivity contribution in [3.05, 3.63) is 34.9 Å². The summed E-state index contributed by atoms with van der Waals surface area (Å²) in [6, 6.07) is 4.78. The Labute approximate surface area is 127 Å². The molecule has 0 saturated carbocycles. The maximum Gasteiger partial charge on any atom is 0.339 e. The van der Waals surface area contributed by atoms with E-state index in [1.165, 1.54) is 13.2 Å². The molecule has 112 valence electrons. The van der Waals surface area contributed by atoms with Gasteiger partial charge in [0.2, 0.25) is 0 Å². The molecule has 1 aromatic carbocycles. The van der Waals surface area contributed by atoms with Crippen LogP contribution in [0, 0.1) is 23.7 Å². The summed E-state index contributed by atoms with van der Waals surface area (Å²) in [5, 5.41) is 0. The summed E-state index contributed by atoms with van der Waals surface area (Å²) < 4.78 is 13.6. The van der Waals surface area contributed by atoms with E-state index in [2.05, 4.69) is 37.9 Å². The maximum absolute atomic E-state index is 11.8. The molecule has 0 atom stereocenters. The van der Waals surface area contributed by atoms with Crippen molar-refractivity contribution < 1.29 is 28.6 Å². The fraction of sp³-hybridized carbons (Fsp3) is 0.188. The molecule has 0 unspecified atom stereocenters. The van der Waals surface area contributed by atoms with E-state index in [9.17, 15) is 14.4 Å². The largest absolute Gasteiger partial charge is 0.465 e. The molecular formula is C16H12O6. The van der Waals surface area contributed by atoms with Crippen LogP contribution in [0.2, 0.25) is 0 Å². The van der Waals surface area contributed by atoms with Crippen LogP contribution < -0.4 is 0 Å². The minimum Gasteiger partial charge on any atom is -0.465 e. The van der Waals surface area contributed by atoms with E-state index in [-0.39, 0.29) is 25.2 Å². The highest BCUT2D eigenvalue weighted by atomic mass is 16.5. The Hall–Kier alpha value is -3.25. The number of carbonyl (C=O) groups excluding carboxylic acids is 3. The van der Waals surface area contributed by atoms with Gasteiger partial charge in [0.05, 0.1) is 12.7 Å². The minimum atomic E-state index is -0.562. The molecule has 6 heteroatoms. The van der Waals surface area contributed by atoms with Crippen LogP contribution in [0.1, 0.15) is 21.5 Å². The SMILES string of the molecule is COC(=O)c1cc(C#CCOC=O)ccc1C#CCOC=O. The molecule has 0 fully saturated rings. The first kappa shape index (κ1) is 16.8. The van der Waals surface area contributed by atoms with Crippen LogP contribution >= 0.6 is 0 Å². The Morgan fingerprint density at radius 1 is 1.09 bits per heavy atom. The van der Waals surface area contributed by atoms with Gasteiger partial charge in [-0.1, -0.05) is 23.7 Å². The van der Waals surface area contributed by atoms with Gasteiger partial charge in [-0.3, -0.25) is 9.59 Å². The van der Waals surface area contributed by atoms with Crippen LogP contribution in [0.3, 0.4) is 0 Å². The Morgan fingerprint density at radius 2 is 1.73 bits per heavy atom. The van der Waals surface area contributed by atoms with Gasteiger partial charge in [-0.25, -0.2) is 4.79 Å². The smallest absolute Gasteiger partial charge is 0.339 e. The zero-order valence-corrected chi connectivity index (χ0v) is 11.8. The Morgan fingerprint density at radius 3 is 2.32 bits per heavy atom. The lowest BCUT2D eigenvalue weighted by Gasteiger charge is -2.03. The molecule has 22 heavy (non-hydrogen) atoms. The Kier molecular flexibility index (Phi) is 7.35. The van der Waals surface area contributed by atoms with Crippen LogP contribution in [0.4, 0.5) is 0 Å². The van der Waals surface area contributed by atoms with Crippen LogP contribution in [0.15, 0.2) is 18.2 Å². The van der Waals surface area contributed by atoms with Gasteiger partial charge < -0.3 is 14.2 Å². The van der Waals surface area contributed by atoms with E-state index in [4.69, 9.17) is 0 Å². The van der Waals surface area contributed by atoms with Gasteiger partial charge in [0, 0.05) is 11.1 Å². The van der Waals surface area contributed by atoms with E-state index in [0.29, 0.717) is 17.6 Å². The standard InChI is InChI=1S/C16H12O6/c1-20-16(19)15-10-13(4-2-8-21-11-17)6-7-14(15)5-3-9-22-12-18/h6-7,10-12H,8-9H2,1H3. The molecule has 0 radical (unpaired) electrons. The topological polar surface area (TPSA) is 78.9 Å². The van der Waals surface area contributed by atoms with Gasteiger partial charge >= 0.3 is 5.97 Å². The summed E-state index contributed by atoms with van der Waals surface area (Å²) in [6.07, 6.45) is 0. The number of hydrogen-bond donors (Lipinski definition) is 0. The summed E-state index contributed by atoms with van der Waals surface area (Å²) >= 11 is 0. The number of benzene rings is 1. The molecule has 0 heterocycles. The van der Waals surface area contributed by atoms with Crippen molar-refractivity contribution in [3.63, 3.8) is 0 Å². The van der Waals surface area contributed by atoms with Crippen molar-refractivity contribution in [2.75, 3.05) is 20.3 Å². The average molecular weight is 300 g/mol. The zero-order chi connectivity index (χ0) is 16.2. The number of hydrogen-bond acceptors (Lipinski definition) is 6. The minimum absolute atomic E-state index is 0.0400. The Bertz CT molecular complexity index is 669. The molecule has 0 bridgehead atoms. The molecule has 0 amide bonds. The fourth-order valence-electron chi connectivity index (χ4n) is 1.43. The number of methoxy groups -OCH3 is 1. The van der Waals surface area contributed by atoms with E-state index in [1.807, 2.05) is 0 Å². The van der Waals surface area contributed by atoms with Crippen molar-refractivity contribution >= 4 is 18.9 Å². The number of esters is 1. The molecule has 0 aromatic heterocycles. The van der Waals surface area contributed by atoms with Gasteiger partial charge in [0.25, 0.3) is 12.9 Å². The highest BCUT2D eigenvalue weighted by Crippen LogP contribution is 2.12. The van der Waals surface area contributed by atoms with E-state index in [0.717, 1.165) is 0 Å². The van der Waals surface area contributed by atoms with Crippen molar-refractivity contribution in [1.29, 1.82) is 0 Å². The van der Waals surface area contributed by atoms with E-state index in [1.54, 1.807) is 12.1 Å². The molecule has 0 N–H and O–H groups in total. The lowest BCUT2D eigenvalue weighted by atomic mass is 10.0. The van der Waals surface area contributed by atoms with E-state index < -0.39 is 5.97 Å². The Balaban J connectivity index is 3.03. The molecule has 6 nitrogen and oxygen atoms in total. The third-order valence-electron chi connectivity index (χ3n) is 2.33. The molecular weight excluding hydrogens is 288 g/mol. The third-order valence-corrected chi connectivity index (χ3v) is 2.33. The first-order chi connectivity index (χ1) is 10.7.